The summed E-state index contributed by atoms with van der Waals surface area (Å²) >= 11 is 2.08. The van der Waals surface area contributed by atoms with Crippen LogP contribution in [0.2, 0.25) is 0 Å². The fourth-order valence-corrected chi connectivity index (χ4v) is 2.42. The molecule has 0 saturated carbocycles. The van der Waals surface area contributed by atoms with Crippen molar-refractivity contribution in [2.45, 2.75) is 6.10 Å². The summed E-state index contributed by atoms with van der Waals surface area (Å²) in [4.78, 5) is 15.0. The highest BCUT2D eigenvalue weighted by Gasteiger charge is 2.18. The van der Waals surface area contributed by atoms with Crippen LogP contribution in [0.15, 0.2) is 59.7 Å². The molecule has 0 aliphatic heterocycles. The van der Waals surface area contributed by atoms with Crippen LogP contribution in [0.25, 0.3) is 10.4 Å². The van der Waals surface area contributed by atoms with Gasteiger partial charge >= 0.3 is 5.97 Å². The molecule has 0 N–H and O–H groups in total. The van der Waals surface area contributed by atoms with Gasteiger partial charge in [0.25, 0.3) is 0 Å². The average molecular weight is 393 g/mol. The van der Waals surface area contributed by atoms with E-state index in [-0.39, 0.29) is 6.54 Å². The maximum absolute atomic E-state index is 12.3. The molecular formula is C15H12IN3O2. The second-order valence-electron chi connectivity index (χ2n) is 4.20. The molecule has 21 heavy (non-hydrogen) atoms. The predicted molar refractivity (Wildman–Crippen MR) is 87.8 cm³/mol. The van der Waals surface area contributed by atoms with Gasteiger partial charge in [-0.25, -0.2) is 4.79 Å². The molecule has 0 amide bonds. The molecule has 2 aromatic carbocycles. The number of hydrogen-bond acceptors (Lipinski definition) is 3. The summed E-state index contributed by atoms with van der Waals surface area (Å²) < 4.78 is 6.31. The number of carbonyl (C=O) groups excluding carboxylic acids is 1. The highest BCUT2D eigenvalue weighted by Crippen LogP contribution is 2.21. The van der Waals surface area contributed by atoms with Crippen molar-refractivity contribution in [3.8, 4) is 0 Å². The van der Waals surface area contributed by atoms with Gasteiger partial charge in [0, 0.05) is 8.48 Å². The van der Waals surface area contributed by atoms with Crippen LogP contribution in [-0.4, -0.2) is 12.5 Å². The number of esters is 1. The lowest BCUT2D eigenvalue weighted by Gasteiger charge is -2.16. The van der Waals surface area contributed by atoms with E-state index in [0.717, 1.165) is 9.13 Å². The second kappa shape index (κ2) is 7.66. The highest BCUT2D eigenvalue weighted by atomic mass is 127. The molecule has 0 saturated heterocycles. The monoisotopic (exact) mass is 393 g/mol. The topological polar surface area (TPSA) is 75.1 Å². The van der Waals surface area contributed by atoms with Gasteiger partial charge in [-0.2, -0.15) is 0 Å². The summed E-state index contributed by atoms with van der Waals surface area (Å²) in [7, 11) is 0. The third-order valence-corrected chi connectivity index (χ3v) is 3.77. The second-order valence-corrected chi connectivity index (χ2v) is 5.36. The third-order valence-electron chi connectivity index (χ3n) is 2.83. The number of halogens is 1. The fourth-order valence-electron chi connectivity index (χ4n) is 1.81. The third kappa shape index (κ3) is 4.21. The van der Waals surface area contributed by atoms with Crippen LogP contribution in [0.4, 0.5) is 0 Å². The lowest BCUT2D eigenvalue weighted by Crippen LogP contribution is -2.15. The van der Waals surface area contributed by atoms with Crippen LogP contribution >= 0.6 is 22.6 Å². The molecule has 0 bridgehead atoms. The van der Waals surface area contributed by atoms with E-state index < -0.39 is 12.1 Å². The Bertz CT molecular complexity index is 670. The Morgan fingerprint density at radius 2 is 1.86 bits per heavy atom. The first-order chi connectivity index (χ1) is 10.2. The minimum atomic E-state index is -0.592. The fraction of sp³-hybridized carbons (Fsp3) is 0.133. The van der Waals surface area contributed by atoms with E-state index in [1.54, 1.807) is 12.1 Å². The van der Waals surface area contributed by atoms with Crippen LogP contribution in [0, 0.1) is 3.57 Å². The Morgan fingerprint density at radius 1 is 1.19 bits per heavy atom. The molecule has 0 heterocycles. The van der Waals surface area contributed by atoms with E-state index in [4.69, 9.17) is 10.3 Å². The molecule has 1 unspecified atom stereocenters. The number of azide groups is 1. The summed E-state index contributed by atoms with van der Waals surface area (Å²) in [5.74, 6) is -0.429. The summed E-state index contributed by atoms with van der Waals surface area (Å²) in [5.41, 5.74) is 9.77. The van der Waals surface area contributed by atoms with Crippen LogP contribution in [-0.2, 0) is 4.74 Å². The van der Waals surface area contributed by atoms with E-state index in [0.29, 0.717) is 5.56 Å². The van der Waals surface area contributed by atoms with E-state index in [9.17, 15) is 4.79 Å². The number of ether oxygens (including phenoxy) is 1. The standard InChI is InChI=1S/C15H12IN3O2/c16-13-9-5-4-8-12(13)15(20)21-14(10-18-19-17)11-6-2-1-3-7-11/h1-9,14H,10H2. The summed E-state index contributed by atoms with van der Waals surface area (Å²) in [5, 5.41) is 3.52. The normalized spacial score (nSPS) is 11.3. The van der Waals surface area contributed by atoms with Crippen molar-refractivity contribution in [3.63, 3.8) is 0 Å². The Hall–Kier alpha value is -2.05. The van der Waals surface area contributed by atoms with Gasteiger partial charge in [-0.05, 0) is 45.8 Å². The maximum Gasteiger partial charge on any atom is 0.339 e. The van der Waals surface area contributed by atoms with Crippen molar-refractivity contribution in [1.82, 2.24) is 0 Å². The highest BCUT2D eigenvalue weighted by molar-refractivity contribution is 14.1. The molecule has 0 aliphatic rings. The molecule has 0 aromatic heterocycles. The lowest BCUT2D eigenvalue weighted by molar-refractivity contribution is 0.0315. The Morgan fingerprint density at radius 3 is 2.52 bits per heavy atom. The van der Waals surface area contributed by atoms with Gasteiger partial charge in [-0.15, -0.1) is 0 Å². The van der Waals surface area contributed by atoms with Crippen molar-refractivity contribution >= 4 is 28.6 Å². The van der Waals surface area contributed by atoms with Crippen molar-refractivity contribution in [1.29, 1.82) is 0 Å². The molecule has 2 rings (SSSR count). The lowest BCUT2D eigenvalue weighted by atomic mass is 10.1. The van der Waals surface area contributed by atoms with E-state index in [1.165, 1.54) is 0 Å². The van der Waals surface area contributed by atoms with E-state index >= 15 is 0 Å². The smallest absolute Gasteiger partial charge is 0.339 e. The minimum Gasteiger partial charge on any atom is -0.454 e. The van der Waals surface area contributed by atoms with Gasteiger partial charge in [0.15, 0.2) is 0 Å². The average Bonchev–Trinajstić information content (AvgIpc) is 2.52. The van der Waals surface area contributed by atoms with Gasteiger partial charge in [0.2, 0.25) is 0 Å². The first-order valence-corrected chi connectivity index (χ1v) is 7.31. The van der Waals surface area contributed by atoms with Crippen LogP contribution < -0.4 is 0 Å². The number of nitrogens with zero attached hydrogens (tertiary/aromatic N) is 3. The molecule has 0 fully saturated rings. The number of rotatable bonds is 5. The molecular weight excluding hydrogens is 381 g/mol. The van der Waals surface area contributed by atoms with Crippen LogP contribution in [0.3, 0.4) is 0 Å². The molecule has 5 nitrogen and oxygen atoms in total. The Kier molecular flexibility index (Phi) is 5.59. The zero-order chi connectivity index (χ0) is 15.1. The molecule has 1 atom stereocenters. The van der Waals surface area contributed by atoms with Gasteiger partial charge in [0.05, 0.1) is 12.1 Å². The molecule has 0 radical (unpaired) electrons. The quantitative estimate of drug-likeness (QED) is 0.247. The molecule has 106 valence electrons. The van der Waals surface area contributed by atoms with Crippen molar-refractivity contribution < 1.29 is 9.53 Å². The van der Waals surface area contributed by atoms with Gasteiger partial charge in [0.1, 0.15) is 6.10 Å². The van der Waals surface area contributed by atoms with Gasteiger partial charge in [-0.3, -0.25) is 0 Å². The van der Waals surface area contributed by atoms with Crippen LogP contribution in [0.5, 0.6) is 0 Å². The zero-order valence-corrected chi connectivity index (χ0v) is 13.2. The Balaban J connectivity index is 2.21. The summed E-state index contributed by atoms with van der Waals surface area (Å²) in [6.07, 6.45) is -0.592. The number of carbonyl (C=O) groups is 1. The molecule has 2 aromatic rings. The zero-order valence-electron chi connectivity index (χ0n) is 11.0. The molecule has 0 aliphatic carbocycles. The summed E-state index contributed by atoms with van der Waals surface area (Å²) in [6, 6.07) is 16.4. The summed E-state index contributed by atoms with van der Waals surface area (Å²) in [6.45, 7) is 0.0651. The molecule has 6 heteroatoms. The number of benzene rings is 2. The SMILES string of the molecule is [N-]=[N+]=NCC(OC(=O)c1ccccc1I)c1ccccc1. The molecule has 0 spiro atoms. The van der Waals surface area contributed by atoms with Gasteiger partial charge < -0.3 is 4.74 Å². The van der Waals surface area contributed by atoms with E-state index in [1.807, 2.05) is 42.5 Å². The van der Waals surface area contributed by atoms with E-state index in [2.05, 4.69) is 32.6 Å². The maximum atomic E-state index is 12.3. The first-order valence-electron chi connectivity index (χ1n) is 6.23. The minimum absolute atomic E-state index is 0.0651. The van der Waals surface area contributed by atoms with Crippen molar-refractivity contribution in [2.75, 3.05) is 6.54 Å². The van der Waals surface area contributed by atoms with Crippen molar-refractivity contribution in [3.05, 3.63) is 79.7 Å². The Labute approximate surface area is 135 Å². The number of hydrogen-bond donors (Lipinski definition) is 0. The van der Waals surface area contributed by atoms with Crippen LogP contribution in [0.1, 0.15) is 22.0 Å². The van der Waals surface area contributed by atoms with Gasteiger partial charge in [-0.1, -0.05) is 47.6 Å². The largest absolute Gasteiger partial charge is 0.454 e. The first kappa shape index (κ1) is 15.3. The van der Waals surface area contributed by atoms with Crippen molar-refractivity contribution in [2.24, 2.45) is 5.11 Å². The predicted octanol–water partition coefficient (Wildman–Crippen LogP) is 4.50.